The summed E-state index contributed by atoms with van der Waals surface area (Å²) in [5, 5.41) is 12.0. The van der Waals surface area contributed by atoms with Crippen molar-refractivity contribution in [3.05, 3.63) is 77.4 Å². The number of nitriles is 1. The molecule has 0 saturated carbocycles. The molecule has 4 rings (SSSR count). The lowest BCUT2D eigenvalue weighted by molar-refractivity contribution is -0.141. The van der Waals surface area contributed by atoms with Gasteiger partial charge in [-0.1, -0.05) is 6.07 Å². The standard InChI is InChI=1S/C22H17F3N4O/c23-22(24,25)20-11-15(6-7-27-20)17-10-19-18(5-2-8-29(19)13-17)28-21(30)16-4-1-3-14(9-16)12-26/h1,3-4,6-7,9-11,13,18H,2,5,8H2,(H,28,30)/t18-/m0/s1. The lowest BCUT2D eigenvalue weighted by atomic mass is 10.0. The number of carbonyl (C=O) groups is 1. The first-order valence-corrected chi connectivity index (χ1v) is 9.40. The number of hydrogen-bond donors (Lipinski definition) is 1. The van der Waals surface area contributed by atoms with E-state index in [1.54, 1.807) is 24.4 Å². The summed E-state index contributed by atoms with van der Waals surface area (Å²) < 4.78 is 40.9. The molecule has 1 aliphatic heterocycles. The molecule has 8 heteroatoms. The largest absolute Gasteiger partial charge is 0.433 e. The molecule has 30 heavy (non-hydrogen) atoms. The number of aromatic nitrogens is 2. The number of amides is 1. The van der Waals surface area contributed by atoms with Crippen molar-refractivity contribution in [2.75, 3.05) is 0 Å². The molecule has 0 aliphatic carbocycles. The Labute approximate surface area is 170 Å². The molecular weight excluding hydrogens is 393 g/mol. The van der Waals surface area contributed by atoms with Crippen molar-refractivity contribution < 1.29 is 18.0 Å². The van der Waals surface area contributed by atoms with Gasteiger partial charge in [0.2, 0.25) is 0 Å². The van der Waals surface area contributed by atoms with Gasteiger partial charge < -0.3 is 9.88 Å². The summed E-state index contributed by atoms with van der Waals surface area (Å²) in [5.41, 5.74) is 1.76. The number of benzene rings is 1. The van der Waals surface area contributed by atoms with Gasteiger partial charge in [0.25, 0.3) is 5.91 Å². The third kappa shape index (κ3) is 3.92. The van der Waals surface area contributed by atoms with E-state index < -0.39 is 11.9 Å². The fourth-order valence-electron chi connectivity index (χ4n) is 3.67. The Bertz CT molecular complexity index is 1140. The van der Waals surface area contributed by atoms with Crippen LogP contribution in [0, 0.1) is 11.3 Å². The van der Waals surface area contributed by atoms with E-state index in [1.807, 2.05) is 16.7 Å². The monoisotopic (exact) mass is 410 g/mol. The number of hydrogen-bond acceptors (Lipinski definition) is 3. The first-order valence-electron chi connectivity index (χ1n) is 9.40. The second-order valence-corrected chi connectivity index (χ2v) is 7.14. The Kier molecular flexibility index (Phi) is 5.04. The minimum absolute atomic E-state index is 0.269. The molecule has 1 aliphatic rings. The van der Waals surface area contributed by atoms with E-state index in [1.165, 1.54) is 12.1 Å². The molecule has 3 heterocycles. The summed E-state index contributed by atoms with van der Waals surface area (Å²) in [6, 6.07) is 12.6. The molecule has 0 radical (unpaired) electrons. The summed E-state index contributed by atoms with van der Waals surface area (Å²) in [6.45, 7) is 0.725. The Balaban J connectivity index is 1.60. The highest BCUT2D eigenvalue weighted by atomic mass is 19.4. The van der Waals surface area contributed by atoms with Crippen molar-refractivity contribution in [1.29, 1.82) is 5.26 Å². The Morgan fingerprint density at radius 1 is 1.20 bits per heavy atom. The lowest BCUT2D eigenvalue weighted by Gasteiger charge is -2.25. The van der Waals surface area contributed by atoms with Crippen LogP contribution in [-0.4, -0.2) is 15.5 Å². The molecule has 1 N–H and O–H groups in total. The number of aryl methyl sites for hydroxylation is 1. The van der Waals surface area contributed by atoms with Crippen molar-refractivity contribution in [2.24, 2.45) is 0 Å². The zero-order valence-electron chi connectivity index (χ0n) is 15.8. The predicted octanol–water partition coefficient (Wildman–Crippen LogP) is 4.71. The van der Waals surface area contributed by atoms with Crippen LogP contribution in [0.15, 0.2) is 54.9 Å². The summed E-state index contributed by atoms with van der Waals surface area (Å²) in [6.07, 6.45) is -0.00867. The summed E-state index contributed by atoms with van der Waals surface area (Å²) in [5.74, 6) is -0.295. The number of alkyl halides is 3. The topological polar surface area (TPSA) is 70.7 Å². The molecule has 152 valence electrons. The highest BCUT2D eigenvalue weighted by Crippen LogP contribution is 2.34. The van der Waals surface area contributed by atoms with Gasteiger partial charge in [0.15, 0.2) is 0 Å². The van der Waals surface area contributed by atoms with Gasteiger partial charge in [-0.15, -0.1) is 0 Å². The maximum Gasteiger partial charge on any atom is 0.433 e. The van der Waals surface area contributed by atoms with E-state index in [-0.39, 0.29) is 11.9 Å². The van der Waals surface area contributed by atoms with Gasteiger partial charge in [0.1, 0.15) is 5.69 Å². The maximum atomic E-state index is 13.0. The van der Waals surface area contributed by atoms with Gasteiger partial charge in [-0.05, 0) is 60.4 Å². The van der Waals surface area contributed by atoms with Crippen LogP contribution in [-0.2, 0) is 12.7 Å². The minimum Gasteiger partial charge on any atom is -0.349 e. The Morgan fingerprint density at radius 3 is 2.80 bits per heavy atom. The van der Waals surface area contributed by atoms with E-state index in [4.69, 9.17) is 5.26 Å². The highest BCUT2D eigenvalue weighted by molar-refractivity contribution is 5.94. The highest BCUT2D eigenvalue weighted by Gasteiger charge is 2.33. The second-order valence-electron chi connectivity index (χ2n) is 7.14. The van der Waals surface area contributed by atoms with Crippen molar-refractivity contribution in [2.45, 2.75) is 31.6 Å². The third-order valence-electron chi connectivity index (χ3n) is 5.12. The normalized spacial score (nSPS) is 15.9. The van der Waals surface area contributed by atoms with E-state index in [9.17, 15) is 18.0 Å². The van der Waals surface area contributed by atoms with Crippen LogP contribution in [0.25, 0.3) is 11.1 Å². The van der Waals surface area contributed by atoms with Crippen molar-refractivity contribution >= 4 is 5.91 Å². The van der Waals surface area contributed by atoms with Gasteiger partial charge in [0, 0.05) is 30.2 Å². The second kappa shape index (κ2) is 7.67. The van der Waals surface area contributed by atoms with Gasteiger partial charge in [-0.3, -0.25) is 9.78 Å². The van der Waals surface area contributed by atoms with Crippen LogP contribution in [0.4, 0.5) is 13.2 Å². The third-order valence-corrected chi connectivity index (χ3v) is 5.12. The Hall–Kier alpha value is -3.60. The zero-order chi connectivity index (χ0) is 21.3. The van der Waals surface area contributed by atoms with Crippen LogP contribution >= 0.6 is 0 Å². The predicted molar refractivity (Wildman–Crippen MR) is 103 cm³/mol. The average molecular weight is 410 g/mol. The number of fused-ring (bicyclic) bond motifs is 1. The number of pyridine rings is 1. The maximum absolute atomic E-state index is 13.0. The molecule has 2 aromatic heterocycles. The molecule has 3 aromatic rings. The van der Waals surface area contributed by atoms with E-state index in [2.05, 4.69) is 10.3 Å². The van der Waals surface area contributed by atoms with Crippen LogP contribution in [0.2, 0.25) is 0 Å². The zero-order valence-corrected chi connectivity index (χ0v) is 15.8. The van der Waals surface area contributed by atoms with Crippen LogP contribution in [0.3, 0.4) is 0 Å². The van der Waals surface area contributed by atoms with Gasteiger partial charge >= 0.3 is 6.18 Å². The van der Waals surface area contributed by atoms with Crippen molar-refractivity contribution in [3.63, 3.8) is 0 Å². The fourth-order valence-corrected chi connectivity index (χ4v) is 3.67. The number of carbonyl (C=O) groups excluding carboxylic acids is 1. The van der Waals surface area contributed by atoms with E-state index in [0.29, 0.717) is 22.3 Å². The summed E-state index contributed by atoms with van der Waals surface area (Å²) >= 11 is 0. The smallest absolute Gasteiger partial charge is 0.349 e. The first kappa shape index (κ1) is 19.7. The van der Waals surface area contributed by atoms with Gasteiger partial charge in [0.05, 0.1) is 17.7 Å². The van der Waals surface area contributed by atoms with Gasteiger partial charge in [-0.2, -0.15) is 18.4 Å². The fraction of sp³-hybridized carbons (Fsp3) is 0.227. The number of nitrogens with zero attached hydrogens (tertiary/aromatic N) is 3. The average Bonchev–Trinajstić information content (AvgIpc) is 3.19. The summed E-state index contributed by atoms with van der Waals surface area (Å²) in [7, 11) is 0. The molecule has 0 saturated heterocycles. The lowest BCUT2D eigenvalue weighted by Crippen LogP contribution is -2.32. The van der Waals surface area contributed by atoms with Crippen molar-refractivity contribution in [1.82, 2.24) is 14.9 Å². The van der Waals surface area contributed by atoms with Gasteiger partial charge in [-0.25, -0.2) is 0 Å². The number of halogens is 3. The van der Waals surface area contributed by atoms with E-state index >= 15 is 0 Å². The molecule has 1 atom stereocenters. The molecular formula is C22H17F3N4O. The molecule has 0 spiro atoms. The molecule has 0 fully saturated rings. The number of nitrogens with one attached hydrogen (secondary N) is 1. The van der Waals surface area contributed by atoms with Crippen LogP contribution in [0.1, 0.15) is 46.2 Å². The molecule has 0 unspecified atom stereocenters. The molecule has 0 bridgehead atoms. The molecule has 1 amide bonds. The quantitative estimate of drug-likeness (QED) is 0.680. The van der Waals surface area contributed by atoms with Crippen LogP contribution in [0.5, 0.6) is 0 Å². The summed E-state index contributed by atoms with van der Waals surface area (Å²) in [4.78, 5) is 16.1. The molecule has 5 nitrogen and oxygen atoms in total. The van der Waals surface area contributed by atoms with E-state index in [0.717, 1.165) is 37.3 Å². The minimum atomic E-state index is -4.51. The van der Waals surface area contributed by atoms with Crippen LogP contribution < -0.4 is 5.32 Å². The SMILES string of the molecule is N#Cc1cccc(C(=O)N[C@H]2CCCn3cc(-c4ccnc(C(F)(F)F)c4)cc32)c1. The van der Waals surface area contributed by atoms with Crippen molar-refractivity contribution in [3.8, 4) is 17.2 Å². The number of rotatable bonds is 3. The molecule has 1 aromatic carbocycles. The first-order chi connectivity index (χ1) is 14.3. The Morgan fingerprint density at radius 2 is 2.03 bits per heavy atom.